The van der Waals surface area contributed by atoms with Crippen LogP contribution in [0.1, 0.15) is 0 Å². The maximum Gasteiger partial charge on any atom is 0.0963 e. The van der Waals surface area contributed by atoms with Crippen molar-refractivity contribution in [1.29, 1.82) is 0 Å². The highest BCUT2D eigenvalue weighted by Gasteiger charge is 1.92. The van der Waals surface area contributed by atoms with Gasteiger partial charge in [0, 0.05) is 17.0 Å². The summed E-state index contributed by atoms with van der Waals surface area (Å²) in [7, 11) is 1.68. The van der Waals surface area contributed by atoms with Crippen molar-refractivity contribution in [2.24, 2.45) is 0 Å². The zero-order valence-electron chi connectivity index (χ0n) is 6.21. The molecule has 0 unspecified atom stereocenters. The number of hydrogen-bond acceptors (Lipinski definition) is 2. The summed E-state index contributed by atoms with van der Waals surface area (Å²) in [5.74, 6) is 0.667. The third kappa shape index (κ3) is 3.14. The molecule has 0 N–H and O–H groups in total. The molecule has 0 aromatic heterocycles. The molecule has 0 radical (unpaired) electrons. The first kappa shape index (κ1) is 8.91. The Labute approximate surface area is 75.7 Å². The van der Waals surface area contributed by atoms with Gasteiger partial charge < -0.3 is 4.74 Å². The maximum atomic E-state index is 5.77. The summed E-state index contributed by atoms with van der Waals surface area (Å²) in [6, 6.07) is 7.72. The van der Waals surface area contributed by atoms with Crippen LogP contribution in [0.2, 0.25) is 5.02 Å². The molecule has 1 aromatic carbocycles. The Morgan fingerprint density at radius 2 is 2.36 bits per heavy atom. The molecule has 0 fully saturated rings. The zero-order valence-corrected chi connectivity index (χ0v) is 7.78. The van der Waals surface area contributed by atoms with Crippen LogP contribution in [-0.2, 0) is 4.74 Å². The molecule has 3 heteroatoms. The fraction of sp³-hybridized carbons (Fsp3) is 0.250. The zero-order chi connectivity index (χ0) is 8.10. The van der Waals surface area contributed by atoms with Crippen molar-refractivity contribution in [2.75, 3.05) is 13.0 Å². The van der Waals surface area contributed by atoms with E-state index in [0.717, 1.165) is 9.92 Å². The van der Waals surface area contributed by atoms with Crippen molar-refractivity contribution in [3.05, 3.63) is 29.3 Å². The molecule has 1 aromatic rings. The van der Waals surface area contributed by atoms with Crippen LogP contribution in [0.4, 0.5) is 0 Å². The second-order valence-electron chi connectivity index (χ2n) is 2.01. The molecule has 0 aliphatic heterocycles. The Balaban J connectivity index is 2.56. The Bertz CT molecular complexity index is 227. The van der Waals surface area contributed by atoms with Crippen LogP contribution in [-0.4, -0.2) is 13.0 Å². The molecule has 0 atom stereocenters. The first-order valence-electron chi connectivity index (χ1n) is 3.20. The van der Waals surface area contributed by atoms with Gasteiger partial charge in [0.2, 0.25) is 0 Å². The number of benzene rings is 1. The lowest BCUT2D eigenvalue weighted by atomic mass is 10.4. The van der Waals surface area contributed by atoms with E-state index >= 15 is 0 Å². The van der Waals surface area contributed by atoms with Crippen LogP contribution in [0.25, 0.3) is 0 Å². The van der Waals surface area contributed by atoms with Crippen LogP contribution in [0.5, 0.6) is 0 Å². The summed E-state index contributed by atoms with van der Waals surface area (Å²) in [5.41, 5.74) is 0. The number of rotatable bonds is 3. The lowest BCUT2D eigenvalue weighted by molar-refractivity contribution is 0.259. The summed E-state index contributed by atoms with van der Waals surface area (Å²) in [6.07, 6.45) is 0. The second-order valence-corrected chi connectivity index (χ2v) is 3.44. The number of halogens is 1. The number of hydrogen-bond donors (Lipinski definition) is 0. The fourth-order valence-electron chi connectivity index (χ4n) is 0.684. The Morgan fingerprint density at radius 1 is 1.55 bits per heavy atom. The number of ether oxygens (including phenoxy) is 1. The van der Waals surface area contributed by atoms with E-state index < -0.39 is 0 Å². The fourth-order valence-corrected chi connectivity index (χ4v) is 1.58. The van der Waals surface area contributed by atoms with Gasteiger partial charge in [0.15, 0.2) is 0 Å². The van der Waals surface area contributed by atoms with Gasteiger partial charge >= 0.3 is 0 Å². The molecule has 1 rings (SSSR count). The minimum Gasteiger partial charge on any atom is -0.374 e. The van der Waals surface area contributed by atoms with Crippen molar-refractivity contribution < 1.29 is 4.74 Å². The van der Waals surface area contributed by atoms with E-state index in [2.05, 4.69) is 0 Å². The van der Waals surface area contributed by atoms with Gasteiger partial charge in [-0.2, -0.15) is 0 Å². The highest BCUT2D eigenvalue weighted by Crippen LogP contribution is 2.20. The summed E-state index contributed by atoms with van der Waals surface area (Å²) in [5, 5.41) is 0.770. The molecule has 11 heavy (non-hydrogen) atoms. The van der Waals surface area contributed by atoms with E-state index in [1.165, 1.54) is 0 Å². The summed E-state index contributed by atoms with van der Waals surface area (Å²) in [6.45, 7) is 0. The van der Waals surface area contributed by atoms with Gasteiger partial charge in [0.05, 0.1) is 5.94 Å². The molecule has 0 aliphatic rings. The summed E-state index contributed by atoms with van der Waals surface area (Å²) < 4.78 is 4.91. The Morgan fingerprint density at radius 3 is 3.00 bits per heavy atom. The SMILES string of the molecule is COCSc1cccc(Cl)c1. The van der Waals surface area contributed by atoms with E-state index in [0.29, 0.717) is 5.94 Å². The van der Waals surface area contributed by atoms with Crippen LogP contribution in [0, 0.1) is 0 Å². The Hall–Kier alpha value is -0.180. The van der Waals surface area contributed by atoms with Crippen LogP contribution in [0.15, 0.2) is 29.2 Å². The monoisotopic (exact) mass is 188 g/mol. The molecular weight excluding hydrogens is 180 g/mol. The highest BCUT2D eigenvalue weighted by atomic mass is 35.5. The quantitative estimate of drug-likeness (QED) is 0.533. The molecule has 0 aliphatic carbocycles. The Kier molecular flexibility index (Phi) is 3.77. The van der Waals surface area contributed by atoms with Gasteiger partial charge in [0.1, 0.15) is 0 Å². The molecule has 0 amide bonds. The minimum absolute atomic E-state index is 0.667. The van der Waals surface area contributed by atoms with Crippen molar-refractivity contribution in [3.63, 3.8) is 0 Å². The van der Waals surface area contributed by atoms with Gasteiger partial charge in [0.25, 0.3) is 0 Å². The average Bonchev–Trinajstić information content (AvgIpc) is 2.01. The van der Waals surface area contributed by atoms with Gasteiger partial charge in [-0.25, -0.2) is 0 Å². The first-order valence-corrected chi connectivity index (χ1v) is 4.56. The normalized spacial score (nSPS) is 10.0. The van der Waals surface area contributed by atoms with Crippen LogP contribution < -0.4 is 0 Å². The molecule has 0 bridgehead atoms. The predicted molar refractivity (Wildman–Crippen MR) is 49.2 cm³/mol. The standard InChI is InChI=1S/C8H9ClOS/c1-10-6-11-8-4-2-3-7(9)5-8/h2-5H,6H2,1H3. The average molecular weight is 189 g/mol. The summed E-state index contributed by atoms with van der Waals surface area (Å²) >= 11 is 7.40. The molecule has 0 saturated carbocycles. The topological polar surface area (TPSA) is 9.23 Å². The first-order chi connectivity index (χ1) is 5.33. The minimum atomic E-state index is 0.667. The van der Waals surface area contributed by atoms with Crippen LogP contribution in [0.3, 0.4) is 0 Å². The van der Waals surface area contributed by atoms with Crippen molar-refractivity contribution >= 4 is 23.4 Å². The van der Waals surface area contributed by atoms with E-state index in [9.17, 15) is 0 Å². The smallest absolute Gasteiger partial charge is 0.0963 e. The molecule has 0 heterocycles. The maximum absolute atomic E-state index is 5.77. The number of thioether (sulfide) groups is 1. The predicted octanol–water partition coefficient (Wildman–Crippen LogP) is 3.04. The van der Waals surface area contributed by atoms with Gasteiger partial charge in [-0.15, -0.1) is 0 Å². The summed E-state index contributed by atoms with van der Waals surface area (Å²) in [4.78, 5) is 1.14. The van der Waals surface area contributed by atoms with E-state index in [1.807, 2.05) is 24.3 Å². The van der Waals surface area contributed by atoms with Gasteiger partial charge in [-0.1, -0.05) is 29.4 Å². The van der Waals surface area contributed by atoms with Gasteiger partial charge in [-0.05, 0) is 18.2 Å². The molecule has 0 spiro atoms. The second kappa shape index (κ2) is 4.65. The molecular formula is C8H9ClOS. The lowest BCUT2D eigenvalue weighted by Crippen LogP contribution is -1.80. The van der Waals surface area contributed by atoms with Crippen molar-refractivity contribution in [1.82, 2.24) is 0 Å². The van der Waals surface area contributed by atoms with Crippen LogP contribution >= 0.6 is 23.4 Å². The molecule has 0 saturated heterocycles. The van der Waals surface area contributed by atoms with Gasteiger partial charge in [-0.3, -0.25) is 0 Å². The highest BCUT2D eigenvalue weighted by molar-refractivity contribution is 7.99. The largest absolute Gasteiger partial charge is 0.374 e. The lowest BCUT2D eigenvalue weighted by Gasteiger charge is -1.99. The third-order valence-electron chi connectivity index (χ3n) is 1.14. The van der Waals surface area contributed by atoms with Crippen molar-refractivity contribution in [2.45, 2.75) is 4.90 Å². The number of methoxy groups -OCH3 is 1. The van der Waals surface area contributed by atoms with E-state index in [1.54, 1.807) is 18.9 Å². The van der Waals surface area contributed by atoms with E-state index in [-0.39, 0.29) is 0 Å². The molecule has 1 nitrogen and oxygen atoms in total. The van der Waals surface area contributed by atoms with Crippen molar-refractivity contribution in [3.8, 4) is 0 Å². The van der Waals surface area contributed by atoms with E-state index in [4.69, 9.17) is 16.3 Å². The third-order valence-corrected chi connectivity index (χ3v) is 2.32. The molecule has 60 valence electrons.